The minimum Gasteiger partial charge on any atom is -0.382 e. The van der Waals surface area contributed by atoms with Crippen LogP contribution in [0.15, 0.2) is 54.7 Å². The van der Waals surface area contributed by atoms with Crippen LogP contribution < -0.4 is 5.32 Å². The number of nitrogens with one attached hydrogen (secondary N) is 2. The van der Waals surface area contributed by atoms with E-state index in [1.165, 1.54) is 24.1 Å². The normalized spacial score (nSPS) is 17.9. The van der Waals surface area contributed by atoms with Crippen molar-refractivity contribution in [2.45, 2.75) is 31.8 Å². The average molecular weight is 320 g/mol. The third-order valence-electron chi connectivity index (χ3n) is 5.17. The van der Waals surface area contributed by atoms with Crippen LogP contribution in [-0.4, -0.2) is 34.2 Å². The lowest BCUT2D eigenvalue weighted by atomic mass is 10.00. The molecule has 1 saturated heterocycles. The van der Waals surface area contributed by atoms with Crippen LogP contribution in [0.2, 0.25) is 0 Å². The molecule has 1 unspecified atom stereocenters. The summed E-state index contributed by atoms with van der Waals surface area (Å²) in [4.78, 5) is 2.59. The summed E-state index contributed by atoms with van der Waals surface area (Å²) in [6.45, 7) is 4.60. The number of hydrogen-bond donors (Lipinski definition) is 2. The van der Waals surface area contributed by atoms with Gasteiger partial charge in [0.25, 0.3) is 0 Å². The van der Waals surface area contributed by atoms with Gasteiger partial charge in [0.2, 0.25) is 0 Å². The fourth-order valence-corrected chi connectivity index (χ4v) is 3.64. The lowest BCUT2D eigenvalue weighted by molar-refractivity contribution is 0.167. The van der Waals surface area contributed by atoms with Crippen LogP contribution in [0.5, 0.6) is 0 Å². The summed E-state index contributed by atoms with van der Waals surface area (Å²) in [5.74, 6) is 0. The molecule has 1 aromatic heterocycles. The Bertz CT molecular complexity index is 788. The van der Waals surface area contributed by atoms with Crippen LogP contribution >= 0.6 is 0 Å². The number of H-pyrrole nitrogens is 1. The van der Waals surface area contributed by atoms with Crippen LogP contribution in [0.3, 0.4) is 0 Å². The van der Waals surface area contributed by atoms with Crippen molar-refractivity contribution in [3.63, 3.8) is 0 Å². The summed E-state index contributed by atoms with van der Waals surface area (Å²) in [6.07, 6.45) is 4.24. The smallest absolute Gasteiger partial charge is 0.0651 e. The molecule has 0 spiro atoms. The summed E-state index contributed by atoms with van der Waals surface area (Å²) in [7, 11) is 0. The zero-order valence-corrected chi connectivity index (χ0v) is 14.1. The molecule has 3 aromatic rings. The van der Waals surface area contributed by atoms with Crippen LogP contribution in [0.4, 0.5) is 5.69 Å². The quantitative estimate of drug-likeness (QED) is 0.757. The molecule has 0 amide bonds. The number of anilines is 1. The van der Waals surface area contributed by atoms with Crippen molar-refractivity contribution in [3.8, 4) is 0 Å². The van der Waals surface area contributed by atoms with E-state index < -0.39 is 0 Å². The zero-order chi connectivity index (χ0) is 16.4. The Kier molecular flexibility index (Phi) is 4.22. The highest BCUT2D eigenvalue weighted by molar-refractivity contribution is 5.81. The van der Waals surface area contributed by atoms with Gasteiger partial charge in [-0.2, -0.15) is 5.10 Å². The van der Waals surface area contributed by atoms with Crippen molar-refractivity contribution >= 4 is 16.6 Å². The highest BCUT2D eigenvalue weighted by atomic mass is 15.2. The Morgan fingerprint density at radius 2 is 1.92 bits per heavy atom. The lowest BCUT2D eigenvalue weighted by Gasteiger charge is -2.36. The van der Waals surface area contributed by atoms with Crippen molar-refractivity contribution in [1.82, 2.24) is 15.1 Å². The van der Waals surface area contributed by atoms with Crippen molar-refractivity contribution in [2.24, 2.45) is 0 Å². The number of fused-ring (bicyclic) bond motifs is 1. The van der Waals surface area contributed by atoms with Gasteiger partial charge in [0, 0.05) is 36.2 Å². The van der Waals surface area contributed by atoms with Crippen LogP contribution in [0.25, 0.3) is 10.9 Å². The Morgan fingerprint density at radius 1 is 1.12 bits per heavy atom. The Balaban J connectivity index is 1.35. The maximum Gasteiger partial charge on any atom is 0.0651 e. The van der Waals surface area contributed by atoms with Crippen LogP contribution in [0, 0.1) is 0 Å². The van der Waals surface area contributed by atoms with E-state index in [-0.39, 0.29) is 0 Å². The fourth-order valence-electron chi connectivity index (χ4n) is 3.64. The van der Waals surface area contributed by atoms with Gasteiger partial charge in [0.15, 0.2) is 0 Å². The predicted molar refractivity (Wildman–Crippen MR) is 99.2 cm³/mol. The Hall–Kier alpha value is -2.33. The first-order valence-electron chi connectivity index (χ1n) is 8.78. The number of piperidine rings is 1. The summed E-state index contributed by atoms with van der Waals surface area (Å²) >= 11 is 0. The molecule has 0 saturated carbocycles. The largest absolute Gasteiger partial charge is 0.382 e. The van der Waals surface area contributed by atoms with E-state index in [0.29, 0.717) is 12.1 Å². The summed E-state index contributed by atoms with van der Waals surface area (Å²) in [6, 6.07) is 18.3. The summed E-state index contributed by atoms with van der Waals surface area (Å²) in [5.41, 5.74) is 3.69. The number of likely N-dealkylation sites (tertiary alicyclic amines) is 1. The standard InChI is InChI=1S/C20H24N4/c1-15(16-5-3-2-4-6-16)24-11-9-18(10-12-24)22-19-7-8-20-17(13-19)14-21-23-20/h2-8,13-15,18,22H,9-12H2,1H3,(H,21,23). The van der Waals surface area contributed by atoms with Gasteiger partial charge in [-0.1, -0.05) is 30.3 Å². The molecule has 1 aliphatic heterocycles. The molecule has 2 heterocycles. The molecule has 4 heteroatoms. The van der Waals surface area contributed by atoms with Gasteiger partial charge >= 0.3 is 0 Å². The molecule has 124 valence electrons. The number of rotatable bonds is 4. The van der Waals surface area contributed by atoms with E-state index >= 15 is 0 Å². The Labute approximate surface area is 142 Å². The van der Waals surface area contributed by atoms with Crippen molar-refractivity contribution in [2.75, 3.05) is 18.4 Å². The molecule has 24 heavy (non-hydrogen) atoms. The first-order chi connectivity index (χ1) is 11.8. The van der Waals surface area contributed by atoms with E-state index in [1.54, 1.807) is 0 Å². The van der Waals surface area contributed by atoms with E-state index in [2.05, 4.69) is 75.9 Å². The third kappa shape index (κ3) is 3.15. The van der Waals surface area contributed by atoms with Gasteiger partial charge in [-0.3, -0.25) is 10.00 Å². The van der Waals surface area contributed by atoms with Gasteiger partial charge in [0.05, 0.1) is 11.7 Å². The minimum atomic E-state index is 0.495. The zero-order valence-electron chi connectivity index (χ0n) is 14.1. The van der Waals surface area contributed by atoms with Gasteiger partial charge in [-0.05, 0) is 43.5 Å². The van der Waals surface area contributed by atoms with Crippen molar-refractivity contribution in [3.05, 3.63) is 60.3 Å². The summed E-state index contributed by atoms with van der Waals surface area (Å²) in [5, 5.41) is 11.9. The minimum absolute atomic E-state index is 0.495. The average Bonchev–Trinajstić information content (AvgIpc) is 3.10. The molecule has 2 aromatic carbocycles. The number of benzene rings is 2. The molecule has 1 atom stereocenters. The van der Waals surface area contributed by atoms with Gasteiger partial charge in [-0.15, -0.1) is 0 Å². The second kappa shape index (κ2) is 6.65. The lowest BCUT2D eigenvalue weighted by Crippen LogP contribution is -2.40. The molecule has 4 rings (SSSR count). The van der Waals surface area contributed by atoms with Crippen LogP contribution in [-0.2, 0) is 0 Å². The fraction of sp³-hybridized carbons (Fsp3) is 0.350. The van der Waals surface area contributed by atoms with Gasteiger partial charge < -0.3 is 5.32 Å². The number of aromatic amines is 1. The van der Waals surface area contributed by atoms with Crippen molar-refractivity contribution < 1.29 is 0 Å². The molecule has 1 aliphatic rings. The van der Waals surface area contributed by atoms with Crippen molar-refractivity contribution in [1.29, 1.82) is 0 Å². The highest BCUT2D eigenvalue weighted by Gasteiger charge is 2.23. The maximum absolute atomic E-state index is 4.09. The van der Waals surface area contributed by atoms with E-state index in [4.69, 9.17) is 0 Å². The molecule has 0 bridgehead atoms. The molecular formula is C20H24N4. The number of nitrogens with zero attached hydrogens (tertiary/aromatic N) is 2. The number of aromatic nitrogens is 2. The molecule has 2 N–H and O–H groups in total. The van der Waals surface area contributed by atoms with Gasteiger partial charge in [0.1, 0.15) is 0 Å². The van der Waals surface area contributed by atoms with E-state index in [9.17, 15) is 0 Å². The van der Waals surface area contributed by atoms with E-state index in [0.717, 1.165) is 24.0 Å². The second-order valence-electron chi connectivity index (χ2n) is 6.71. The molecule has 0 aliphatic carbocycles. The topological polar surface area (TPSA) is 44.0 Å². The monoisotopic (exact) mass is 320 g/mol. The SMILES string of the molecule is CC(c1ccccc1)N1CCC(Nc2ccc3[nH]ncc3c2)CC1. The first-order valence-corrected chi connectivity index (χ1v) is 8.78. The molecule has 0 radical (unpaired) electrons. The molecule has 4 nitrogen and oxygen atoms in total. The number of hydrogen-bond acceptors (Lipinski definition) is 3. The molecular weight excluding hydrogens is 296 g/mol. The Morgan fingerprint density at radius 3 is 2.71 bits per heavy atom. The summed E-state index contributed by atoms with van der Waals surface area (Å²) < 4.78 is 0. The third-order valence-corrected chi connectivity index (χ3v) is 5.17. The van der Waals surface area contributed by atoms with Crippen LogP contribution in [0.1, 0.15) is 31.4 Å². The predicted octanol–water partition coefficient (Wildman–Crippen LogP) is 4.20. The second-order valence-corrected chi connectivity index (χ2v) is 6.71. The van der Waals surface area contributed by atoms with Gasteiger partial charge in [-0.25, -0.2) is 0 Å². The van der Waals surface area contributed by atoms with E-state index in [1.807, 2.05) is 6.20 Å². The first kappa shape index (κ1) is 15.2. The highest BCUT2D eigenvalue weighted by Crippen LogP contribution is 2.26. The maximum atomic E-state index is 4.09. The molecule has 1 fully saturated rings.